The molecule has 1 rings (SSSR count). The second-order valence-electron chi connectivity index (χ2n) is 3.00. The molecular weight excluding hydrogens is 285 g/mol. The smallest absolute Gasteiger partial charge is 0.270 e. The molecule has 86 valence electrons. The predicted octanol–water partition coefficient (Wildman–Crippen LogP) is 2.61. The third kappa shape index (κ3) is 2.76. The van der Waals surface area contributed by atoms with Gasteiger partial charge in [0, 0.05) is 4.47 Å². The standard InChI is InChI=1S/C10H8BrF3N2/c1-2-9(16-15)7-5-6(10(12,13)14)3-4-8(7)11/h1,3-5,9,16H,15H2. The Morgan fingerprint density at radius 1 is 1.44 bits per heavy atom. The maximum Gasteiger partial charge on any atom is 0.416 e. The van der Waals surface area contributed by atoms with E-state index in [1.807, 2.05) is 0 Å². The van der Waals surface area contributed by atoms with E-state index in [0.29, 0.717) is 4.47 Å². The summed E-state index contributed by atoms with van der Waals surface area (Å²) in [5, 5.41) is 0. The number of hydrogen-bond acceptors (Lipinski definition) is 2. The van der Waals surface area contributed by atoms with Gasteiger partial charge in [0.15, 0.2) is 0 Å². The van der Waals surface area contributed by atoms with Gasteiger partial charge in [-0.25, -0.2) is 5.43 Å². The summed E-state index contributed by atoms with van der Waals surface area (Å²) in [7, 11) is 0. The highest BCUT2D eigenvalue weighted by atomic mass is 79.9. The van der Waals surface area contributed by atoms with Gasteiger partial charge in [0.2, 0.25) is 0 Å². The maximum atomic E-state index is 12.5. The molecule has 0 aliphatic rings. The average Bonchev–Trinajstić information content (AvgIpc) is 2.20. The lowest BCUT2D eigenvalue weighted by Gasteiger charge is -2.14. The number of hydrogen-bond donors (Lipinski definition) is 2. The molecule has 0 spiro atoms. The quantitative estimate of drug-likeness (QED) is 0.500. The fourth-order valence-corrected chi connectivity index (χ4v) is 1.64. The molecule has 0 amide bonds. The third-order valence-electron chi connectivity index (χ3n) is 1.97. The summed E-state index contributed by atoms with van der Waals surface area (Å²) in [4.78, 5) is 0. The van der Waals surface area contributed by atoms with Gasteiger partial charge in [0.1, 0.15) is 6.04 Å². The Bertz CT molecular complexity index is 423. The van der Waals surface area contributed by atoms with Crippen molar-refractivity contribution in [1.82, 2.24) is 5.43 Å². The molecule has 0 aromatic heterocycles. The van der Waals surface area contributed by atoms with E-state index in [2.05, 4.69) is 27.3 Å². The summed E-state index contributed by atoms with van der Waals surface area (Å²) < 4.78 is 37.8. The van der Waals surface area contributed by atoms with Crippen molar-refractivity contribution < 1.29 is 13.2 Å². The van der Waals surface area contributed by atoms with Gasteiger partial charge >= 0.3 is 6.18 Å². The SMILES string of the molecule is C#CC(NN)c1cc(C(F)(F)F)ccc1Br. The van der Waals surface area contributed by atoms with Gasteiger partial charge < -0.3 is 0 Å². The van der Waals surface area contributed by atoms with Gasteiger partial charge in [0.05, 0.1) is 5.56 Å². The van der Waals surface area contributed by atoms with E-state index < -0.39 is 17.8 Å². The monoisotopic (exact) mass is 292 g/mol. The highest BCUT2D eigenvalue weighted by molar-refractivity contribution is 9.10. The summed E-state index contributed by atoms with van der Waals surface area (Å²) in [5.74, 6) is 7.40. The van der Waals surface area contributed by atoms with Crippen LogP contribution in [0.5, 0.6) is 0 Å². The van der Waals surface area contributed by atoms with Crippen molar-refractivity contribution in [3.8, 4) is 12.3 Å². The van der Waals surface area contributed by atoms with Crippen molar-refractivity contribution in [3.05, 3.63) is 33.8 Å². The predicted molar refractivity (Wildman–Crippen MR) is 58.0 cm³/mol. The minimum Gasteiger partial charge on any atom is -0.270 e. The van der Waals surface area contributed by atoms with Crippen LogP contribution in [0, 0.1) is 12.3 Å². The Balaban J connectivity index is 3.25. The maximum absolute atomic E-state index is 12.5. The molecule has 0 aliphatic carbocycles. The summed E-state index contributed by atoms with van der Waals surface area (Å²) in [5.41, 5.74) is 1.77. The zero-order valence-corrected chi connectivity index (χ0v) is 9.56. The minimum absolute atomic E-state index is 0.278. The summed E-state index contributed by atoms with van der Waals surface area (Å²) in [6.07, 6.45) is 0.749. The Morgan fingerprint density at radius 3 is 2.50 bits per heavy atom. The van der Waals surface area contributed by atoms with Gasteiger partial charge in [-0.05, 0) is 23.8 Å². The Hall–Kier alpha value is -1.03. The first-order chi connectivity index (χ1) is 7.40. The van der Waals surface area contributed by atoms with Crippen molar-refractivity contribution in [2.45, 2.75) is 12.2 Å². The number of rotatable bonds is 2. The molecule has 3 N–H and O–H groups in total. The second-order valence-corrected chi connectivity index (χ2v) is 3.85. The first-order valence-corrected chi connectivity index (χ1v) is 4.98. The molecule has 0 saturated carbocycles. The van der Waals surface area contributed by atoms with Crippen LogP contribution in [-0.2, 0) is 6.18 Å². The molecule has 0 bridgehead atoms. The van der Waals surface area contributed by atoms with E-state index in [4.69, 9.17) is 12.3 Å². The lowest BCUT2D eigenvalue weighted by Crippen LogP contribution is -2.27. The molecule has 1 aromatic rings. The van der Waals surface area contributed by atoms with E-state index in [1.165, 1.54) is 6.07 Å². The number of alkyl halides is 3. The van der Waals surface area contributed by atoms with Crippen LogP contribution >= 0.6 is 15.9 Å². The van der Waals surface area contributed by atoms with Crippen molar-refractivity contribution in [2.75, 3.05) is 0 Å². The summed E-state index contributed by atoms with van der Waals surface area (Å²) >= 11 is 3.12. The number of terminal acetylenes is 1. The number of nitrogens with one attached hydrogen (secondary N) is 1. The van der Waals surface area contributed by atoms with Crippen LogP contribution in [0.25, 0.3) is 0 Å². The number of nitrogens with two attached hydrogens (primary N) is 1. The van der Waals surface area contributed by atoms with Crippen LogP contribution in [0.4, 0.5) is 13.2 Å². The van der Waals surface area contributed by atoms with Gasteiger partial charge in [-0.2, -0.15) is 13.2 Å². The molecule has 0 saturated heterocycles. The molecule has 1 atom stereocenters. The van der Waals surface area contributed by atoms with E-state index in [0.717, 1.165) is 12.1 Å². The van der Waals surface area contributed by atoms with Crippen LogP contribution in [0.15, 0.2) is 22.7 Å². The fraction of sp³-hybridized carbons (Fsp3) is 0.200. The Labute approximate surface area is 99.1 Å². The minimum atomic E-state index is -4.40. The molecule has 0 aliphatic heterocycles. The molecule has 0 radical (unpaired) electrons. The first kappa shape index (κ1) is 13.0. The van der Waals surface area contributed by atoms with Gasteiger partial charge in [-0.15, -0.1) is 6.42 Å². The van der Waals surface area contributed by atoms with Crippen molar-refractivity contribution in [1.29, 1.82) is 0 Å². The third-order valence-corrected chi connectivity index (χ3v) is 2.69. The topological polar surface area (TPSA) is 38.0 Å². The van der Waals surface area contributed by atoms with E-state index in [-0.39, 0.29) is 5.56 Å². The van der Waals surface area contributed by atoms with Gasteiger partial charge in [-0.3, -0.25) is 5.84 Å². The number of halogens is 4. The lowest BCUT2D eigenvalue weighted by atomic mass is 10.0. The van der Waals surface area contributed by atoms with E-state index in [1.54, 1.807) is 0 Å². The van der Waals surface area contributed by atoms with Crippen LogP contribution in [0.1, 0.15) is 17.2 Å². The van der Waals surface area contributed by atoms with Crippen LogP contribution < -0.4 is 11.3 Å². The highest BCUT2D eigenvalue weighted by Crippen LogP contribution is 2.33. The average molecular weight is 293 g/mol. The zero-order valence-electron chi connectivity index (χ0n) is 7.98. The van der Waals surface area contributed by atoms with Gasteiger partial charge in [-0.1, -0.05) is 21.9 Å². The van der Waals surface area contributed by atoms with Crippen LogP contribution in [-0.4, -0.2) is 0 Å². The van der Waals surface area contributed by atoms with Crippen molar-refractivity contribution >= 4 is 15.9 Å². The lowest BCUT2D eigenvalue weighted by molar-refractivity contribution is -0.137. The number of benzene rings is 1. The normalized spacial score (nSPS) is 13.2. The molecule has 0 heterocycles. The van der Waals surface area contributed by atoms with Gasteiger partial charge in [0.25, 0.3) is 0 Å². The van der Waals surface area contributed by atoms with Crippen LogP contribution in [0.2, 0.25) is 0 Å². The Kier molecular flexibility index (Phi) is 3.97. The van der Waals surface area contributed by atoms with E-state index in [9.17, 15) is 13.2 Å². The largest absolute Gasteiger partial charge is 0.416 e. The van der Waals surface area contributed by atoms with Crippen LogP contribution in [0.3, 0.4) is 0 Å². The summed E-state index contributed by atoms with van der Waals surface area (Å²) in [6, 6.07) is 2.46. The second kappa shape index (κ2) is 4.87. The highest BCUT2D eigenvalue weighted by Gasteiger charge is 2.31. The molecule has 1 unspecified atom stereocenters. The Morgan fingerprint density at radius 2 is 2.06 bits per heavy atom. The van der Waals surface area contributed by atoms with Crippen molar-refractivity contribution in [3.63, 3.8) is 0 Å². The molecule has 6 heteroatoms. The molecule has 16 heavy (non-hydrogen) atoms. The summed E-state index contributed by atoms with van der Waals surface area (Å²) in [6.45, 7) is 0. The zero-order chi connectivity index (χ0) is 12.3. The number of hydrazine groups is 1. The molecule has 1 aromatic carbocycles. The molecule has 0 fully saturated rings. The van der Waals surface area contributed by atoms with E-state index >= 15 is 0 Å². The first-order valence-electron chi connectivity index (χ1n) is 4.19. The molecule has 2 nitrogen and oxygen atoms in total. The fourth-order valence-electron chi connectivity index (χ4n) is 1.17. The van der Waals surface area contributed by atoms with Crippen molar-refractivity contribution in [2.24, 2.45) is 5.84 Å². The molecular formula is C10H8BrF3N2.